The molecular formula is C15H12F3NO4S. The number of hydrogen-bond acceptors (Lipinski definition) is 4. The third kappa shape index (κ3) is 3.21. The van der Waals surface area contributed by atoms with E-state index in [9.17, 15) is 26.4 Å². The van der Waals surface area contributed by atoms with Crippen LogP contribution in [0.1, 0.15) is 10.4 Å². The second-order valence-corrected chi connectivity index (χ2v) is 6.64. The number of sulfonamides is 1. The Hall–Kier alpha value is -2.55. The predicted octanol–water partition coefficient (Wildman–Crippen LogP) is 2.72. The summed E-state index contributed by atoms with van der Waals surface area (Å²) in [6.07, 6.45) is 0. The molecule has 0 saturated carbocycles. The minimum absolute atomic E-state index is 0.423. The first kappa shape index (κ1) is 17.8. The molecule has 0 aromatic heterocycles. The van der Waals surface area contributed by atoms with Crippen LogP contribution < -0.4 is 4.31 Å². The molecule has 24 heavy (non-hydrogen) atoms. The van der Waals surface area contributed by atoms with Crippen LogP contribution in [-0.2, 0) is 14.8 Å². The van der Waals surface area contributed by atoms with E-state index in [0.717, 1.165) is 38.4 Å². The molecule has 0 fully saturated rings. The maximum atomic E-state index is 13.8. The molecule has 2 aromatic rings. The number of esters is 1. The van der Waals surface area contributed by atoms with Crippen LogP contribution >= 0.6 is 0 Å². The van der Waals surface area contributed by atoms with Gasteiger partial charge in [-0.25, -0.2) is 26.4 Å². The van der Waals surface area contributed by atoms with Crippen molar-refractivity contribution in [3.8, 4) is 0 Å². The van der Waals surface area contributed by atoms with Crippen molar-refractivity contribution in [2.75, 3.05) is 18.5 Å². The zero-order chi connectivity index (χ0) is 18.1. The third-order valence-corrected chi connectivity index (χ3v) is 5.05. The Balaban J connectivity index is 2.64. The van der Waals surface area contributed by atoms with Gasteiger partial charge in [-0.05, 0) is 30.3 Å². The zero-order valence-corrected chi connectivity index (χ0v) is 13.4. The third-order valence-electron chi connectivity index (χ3n) is 3.23. The van der Waals surface area contributed by atoms with E-state index < -0.39 is 49.6 Å². The molecule has 5 nitrogen and oxygen atoms in total. The lowest BCUT2D eigenvalue weighted by atomic mass is 10.2. The van der Waals surface area contributed by atoms with Gasteiger partial charge in [-0.1, -0.05) is 0 Å². The van der Waals surface area contributed by atoms with Gasteiger partial charge in [0.2, 0.25) is 0 Å². The largest absolute Gasteiger partial charge is 0.465 e. The van der Waals surface area contributed by atoms with Crippen LogP contribution in [0, 0.1) is 17.5 Å². The molecule has 128 valence electrons. The molecule has 2 aromatic carbocycles. The summed E-state index contributed by atoms with van der Waals surface area (Å²) in [6, 6.07) is 4.67. The maximum absolute atomic E-state index is 13.8. The van der Waals surface area contributed by atoms with Gasteiger partial charge in [0.1, 0.15) is 22.3 Å². The molecule has 0 spiro atoms. The summed E-state index contributed by atoms with van der Waals surface area (Å²) in [5, 5.41) is 0. The monoisotopic (exact) mass is 359 g/mol. The first-order valence-corrected chi connectivity index (χ1v) is 7.94. The van der Waals surface area contributed by atoms with Crippen molar-refractivity contribution >= 4 is 21.7 Å². The number of ether oxygens (including phenoxy) is 1. The number of hydrogen-bond donors (Lipinski definition) is 0. The van der Waals surface area contributed by atoms with Crippen LogP contribution in [0.2, 0.25) is 0 Å². The number of carbonyl (C=O) groups is 1. The average Bonchev–Trinajstić information content (AvgIpc) is 2.55. The van der Waals surface area contributed by atoms with Gasteiger partial charge in [-0.2, -0.15) is 0 Å². The van der Waals surface area contributed by atoms with E-state index in [1.807, 2.05) is 0 Å². The summed E-state index contributed by atoms with van der Waals surface area (Å²) in [7, 11) is -2.57. The highest BCUT2D eigenvalue weighted by Gasteiger charge is 2.29. The van der Waals surface area contributed by atoms with Crippen molar-refractivity contribution in [1.29, 1.82) is 0 Å². The highest BCUT2D eigenvalue weighted by molar-refractivity contribution is 7.92. The summed E-state index contributed by atoms with van der Waals surface area (Å²) >= 11 is 0. The Labute approximate surface area is 136 Å². The Morgan fingerprint density at radius 3 is 2.25 bits per heavy atom. The Morgan fingerprint density at radius 2 is 1.62 bits per heavy atom. The van der Waals surface area contributed by atoms with Crippen LogP contribution in [0.5, 0.6) is 0 Å². The Kier molecular flexibility index (Phi) is 4.83. The second-order valence-electron chi connectivity index (χ2n) is 4.70. The second kappa shape index (κ2) is 6.52. The van der Waals surface area contributed by atoms with Gasteiger partial charge >= 0.3 is 5.97 Å². The summed E-state index contributed by atoms with van der Waals surface area (Å²) in [5.41, 5.74) is -1.02. The Bertz CT molecular complexity index is 900. The van der Waals surface area contributed by atoms with Crippen molar-refractivity contribution in [3.63, 3.8) is 0 Å². The zero-order valence-electron chi connectivity index (χ0n) is 12.6. The molecule has 0 atom stereocenters. The van der Waals surface area contributed by atoms with Crippen molar-refractivity contribution in [3.05, 3.63) is 59.4 Å². The summed E-state index contributed by atoms with van der Waals surface area (Å²) < 4.78 is 70.8. The van der Waals surface area contributed by atoms with Gasteiger partial charge in [0.25, 0.3) is 10.0 Å². The normalized spacial score (nSPS) is 11.2. The predicted molar refractivity (Wildman–Crippen MR) is 79.7 cm³/mol. The highest BCUT2D eigenvalue weighted by atomic mass is 32.2. The fraction of sp³-hybridized carbons (Fsp3) is 0.133. The van der Waals surface area contributed by atoms with Crippen LogP contribution in [0.15, 0.2) is 41.3 Å². The molecule has 0 amide bonds. The molecule has 0 saturated heterocycles. The first-order valence-electron chi connectivity index (χ1n) is 6.50. The van der Waals surface area contributed by atoms with Crippen molar-refractivity contribution in [2.45, 2.75) is 4.90 Å². The Morgan fingerprint density at radius 1 is 1.04 bits per heavy atom. The molecule has 0 unspecified atom stereocenters. The number of carbonyl (C=O) groups excluding carboxylic acids is 1. The standard InChI is InChI=1S/C15H12F3NO4S/c1-19(13-7-9(16)4-6-12(13)18)24(21,22)14-8-10(17)3-5-11(14)15(20)23-2/h3-8H,1-2H3. The van der Waals surface area contributed by atoms with E-state index in [0.29, 0.717) is 16.4 Å². The molecule has 0 N–H and O–H groups in total. The van der Waals surface area contributed by atoms with Gasteiger partial charge < -0.3 is 4.74 Å². The van der Waals surface area contributed by atoms with Gasteiger partial charge in [0.05, 0.1) is 18.4 Å². The fourth-order valence-corrected chi connectivity index (χ4v) is 3.38. The summed E-state index contributed by atoms with van der Waals surface area (Å²) in [5.74, 6) is -3.80. The number of benzene rings is 2. The van der Waals surface area contributed by atoms with Gasteiger partial charge in [0, 0.05) is 13.1 Å². The van der Waals surface area contributed by atoms with Gasteiger partial charge in [-0.15, -0.1) is 0 Å². The fourth-order valence-electron chi connectivity index (χ4n) is 1.99. The molecule has 2 rings (SSSR count). The number of methoxy groups -OCH3 is 1. The van der Waals surface area contributed by atoms with Gasteiger partial charge in [0.15, 0.2) is 0 Å². The van der Waals surface area contributed by atoms with Crippen molar-refractivity contribution < 1.29 is 31.1 Å². The lowest BCUT2D eigenvalue weighted by molar-refractivity contribution is 0.0596. The number of rotatable bonds is 4. The molecular weight excluding hydrogens is 347 g/mol. The summed E-state index contributed by atoms with van der Waals surface area (Å²) in [6.45, 7) is 0. The molecule has 0 bridgehead atoms. The molecule has 0 aliphatic carbocycles. The van der Waals surface area contributed by atoms with E-state index in [2.05, 4.69) is 4.74 Å². The van der Waals surface area contributed by atoms with Crippen LogP contribution in [0.3, 0.4) is 0 Å². The lowest BCUT2D eigenvalue weighted by Crippen LogP contribution is -2.29. The minimum Gasteiger partial charge on any atom is -0.465 e. The topological polar surface area (TPSA) is 63.7 Å². The minimum atomic E-state index is -4.55. The molecule has 0 radical (unpaired) electrons. The number of anilines is 1. The first-order chi connectivity index (χ1) is 11.2. The number of nitrogens with zero attached hydrogens (tertiary/aromatic N) is 1. The van der Waals surface area contributed by atoms with Crippen LogP contribution in [0.25, 0.3) is 0 Å². The van der Waals surface area contributed by atoms with Crippen LogP contribution in [-0.4, -0.2) is 28.5 Å². The molecule has 9 heteroatoms. The lowest BCUT2D eigenvalue weighted by Gasteiger charge is -2.21. The van der Waals surface area contributed by atoms with E-state index in [1.54, 1.807) is 0 Å². The average molecular weight is 359 g/mol. The van der Waals surface area contributed by atoms with Crippen molar-refractivity contribution in [1.82, 2.24) is 0 Å². The van der Waals surface area contributed by atoms with E-state index >= 15 is 0 Å². The maximum Gasteiger partial charge on any atom is 0.339 e. The van der Waals surface area contributed by atoms with Gasteiger partial charge in [-0.3, -0.25) is 4.31 Å². The molecule has 0 heterocycles. The van der Waals surface area contributed by atoms with E-state index in [4.69, 9.17) is 0 Å². The van der Waals surface area contributed by atoms with E-state index in [1.165, 1.54) is 0 Å². The van der Waals surface area contributed by atoms with E-state index in [-0.39, 0.29) is 0 Å². The molecule has 0 aliphatic rings. The summed E-state index contributed by atoms with van der Waals surface area (Å²) in [4.78, 5) is 11.0. The van der Waals surface area contributed by atoms with Crippen LogP contribution in [0.4, 0.5) is 18.9 Å². The smallest absolute Gasteiger partial charge is 0.339 e. The quantitative estimate of drug-likeness (QED) is 0.788. The number of halogens is 3. The highest BCUT2D eigenvalue weighted by Crippen LogP contribution is 2.28. The SMILES string of the molecule is COC(=O)c1ccc(F)cc1S(=O)(=O)N(C)c1cc(F)ccc1F. The van der Waals surface area contributed by atoms with Crippen molar-refractivity contribution in [2.24, 2.45) is 0 Å². The molecule has 0 aliphatic heterocycles.